The zero-order chi connectivity index (χ0) is 6.97. The third kappa shape index (κ3) is 0.778. The number of rotatable bonds is 0. The molecule has 2 aliphatic heterocycles. The monoisotopic (exact) mass is 152 g/mol. The van der Waals surface area contributed by atoms with Crippen molar-refractivity contribution in [2.24, 2.45) is 4.99 Å². The number of aliphatic imine (C=N–C) groups is 1. The quantitative estimate of drug-likeness (QED) is 0.525. The summed E-state index contributed by atoms with van der Waals surface area (Å²) in [7, 11) is 0. The van der Waals surface area contributed by atoms with Crippen molar-refractivity contribution in [3.8, 4) is 0 Å². The predicted molar refractivity (Wildman–Crippen MR) is 44.6 cm³/mol. The smallest absolute Gasteiger partial charge is 0.172 e. The number of thioether (sulfide) groups is 1. The third-order valence-electron chi connectivity index (χ3n) is 1.60. The molecule has 0 bridgehead atoms. The Morgan fingerprint density at radius 2 is 2.60 bits per heavy atom. The van der Waals surface area contributed by atoms with Crippen LogP contribution in [0.25, 0.3) is 0 Å². The molecule has 2 heterocycles. The summed E-state index contributed by atoms with van der Waals surface area (Å²) in [4.78, 5) is 6.36. The molecule has 0 aliphatic carbocycles. The molecule has 0 spiro atoms. The first-order valence-corrected chi connectivity index (χ1v) is 4.12. The molecule has 0 unspecified atom stereocenters. The first kappa shape index (κ1) is 6.04. The van der Waals surface area contributed by atoms with E-state index >= 15 is 0 Å². The van der Waals surface area contributed by atoms with Gasteiger partial charge in [0.2, 0.25) is 0 Å². The summed E-state index contributed by atoms with van der Waals surface area (Å²) in [5, 5.41) is 3.15. The summed E-state index contributed by atoms with van der Waals surface area (Å²) >= 11 is 1.67. The van der Waals surface area contributed by atoms with Crippen LogP contribution in [0.1, 0.15) is 6.92 Å². The molecule has 0 fully saturated rings. The second-order valence-corrected chi connectivity index (χ2v) is 3.18. The summed E-state index contributed by atoms with van der Waals surface area (Å²) < 4.78 is 0. The highest BCUT2D eigenvalue weighted by Crippen LogP contribution is 2.24. The maximum Gasteiger partial charge on any atom is 0.172 e. The Morgan fingerprint density at radius 1 is 1.70 bits per heavy atom. The average molecular weight is 152 g/mol. The Bertz CT molecular complexity index is 230. The summed E-state index contributed by atoms with van der Waals surface area (Å²) in [6, 6.07) is 0.471. The highest BCUT2D eigenvalue weighted by molar-refractivity contribution is 8.16. The number of hydrogen-bond donors (Lipinski definition) is 0. The van der Waals surface area contributed by atoms with Crippen LogP contribution in [-0.4, -0.2) is 16.1 Å². The molecule has 0 N–H and O–H groups in total. The van der Waals surface area contributed by atoms with E-state index in [-0.39, 0.29) is 0 Å². The van der Waals surface area contributed by atoms with Crippen LogP contribution in [0.2, 0.25) is 0 Å². The SMILES string of the molecule is C[C@H]1C=CN=C2SC=CN21. The molecule has 0 saturated carbocycles. The van der Waals surface area contributed by atoms with E-state index in [0.29, 0.717) is 6.04 Å². The first-order chi connectivity index (χ1) is 4.88. The molecular formula is C7H8N2S. The molecule has 2 aliphatic rings. The van der Waals surface area contributed by atoms with Crippen LogP contribution in [0.4, 0.5) is 0 Å². The first-order valence-electron chi connectivity index (χ1n) is 3.24. The highest BCUT2D eigenvalue weighted by Gasteiger charge is 2.19. The number of amidine groups is 1. The molecule has 52 valence electrons. The lowest BCUT2D eigenvalue weighted by Crippen LogP contribution is -2.29. The van der Waals surface area contributed by atoms with Crippen molar-refractivity contribution in [1.82, 2.24) is 4.90 Å². The Morgan fingerprint density at radius 3 is 3.40 bits per heavy atom. The van der Waals surface area contributed by atoms with Crippen molar-refractivity contribution in [2.45, 2.75) is 13.0 Å². The van der Waals surface area contributed by atoms with Crippen LogP contribution in [0.15, 0.2) is 28.9 Å². The number of fused-ring (bicyclic) bond motifs is 1. The Labute approximate surface area is 64.3 Å². The number of hydrogen-bond acceptors (Lipinski definition) is 3. The van der Waals surface area contributed by atoms with Gasteiger partial charge in [-0.1, -0.05) is 11.8 Å². The topological polar surface area (TPSA) is 15.6 Å². The van der Waals surface area contributed by atoms with E-state index in [1.54, 1.807) is 11.8 Å². The minimum absolute atomic E-state index is 0.471. The van der Waals surface area contributed by atoms with Gasteiger partial charge in [0.1, 0.15) is 0 Å². The Kier molecular flexibility index (Phi) is 1.31. The van der Waals surface area contributed by atoms with Gasteiger partial charge in [0.15, 0.2) is 5.17 Å². The van der Waals surface area contributed by atoms with Gasteiger partial charge in [0.05, 0.1) is 6.04 Å². The Hall–Kier alpha value is -0.700. The van der Waals surface area contributed by atoms with Crippen molar-refractivity contribution >= 4 is 16.9 Å². The molecule has 0 saturated heterocycles. The van der Waals surface area contributed by atoms with E-state index in [9.17, 15) is 0 Å². The van der Waals surface area contributed by atoms with Crippen molar-refractivity contribution in [2.75, 3.05) is 0 Å². The molecule has 0 aromatic rings. The molecular weight excluding hydrogens is 144 g/mol. The lowest BCUT2D eigenvalue weighted by atomic mass is 10.3. The predicted octanol–water partition coefficient (Wildman–Crippen LogP) is 1.78. The summed E-state index contributed by atoms with van der Waals surface area (Å²) in [6.45, 7) is 2.15. The average Bonchev–Trinajstić information content (AvgIpc) is 2.36. The third-order valence-corrected chi connectivity index (χ3v) is 2.39. The number of nitrogens with zero attached hydrogens (tertiary/aromatic N) is 2. The van der Waals surface area contributed by atoms with Gasteiger partial charge in [-0.3, -0.25) is 0 Å². The summed E-state index contributed by atoms with van der Waals surface area (Å²) in [6.07, 6.45) is 6.02. The van der Waals surface area contributed by atoms with Crippen LogP contribution in [0, 0.1) is 0 Å². The van der Waals surface area contributed by atoms with Crippen molar-refractivity contribution in [3.63, 3.8) is 0 Å². The maximum atomic E-state index is 4.20. The molecule has 1 atom stereocenters. The second kappa shape index (κ2) is 2.16. The minimum Gasteiger partial charge on any atom is -0.320 e. The van der Waals surface area contributed by atoms with Gasteiger partial charge < -0.3 is 4.90 Å². The van der Waals surface area contributed by atoms with E-state index in [2.05, 4.69) is 34.5 Å². The molecule has 0 amide bonds. The fourth-order valence-corrected chi connectivity index (χ4v) is 1.80. The van der Waals surface area contributed by atoms with Crippen LogP contribution in [0.3, 0.4) is 0 Å². The maximum absolute atomic E-state index is 4.20. The van der Waals surface area contributed by atoms with Gasteiger partial charge in [0, 0.05) is 12.4 Å². The lowest BCUT2D eigenvalue weighted by Gasteiger charge is -2.23. The van der Waals surface area contributed by atoms with Crippen molar-refractivity contribution in [3.05, 3.63) is 23.9 Å². The molecule has 2 rings (SSSR count). The fourth-order valence-electron chi connectivity index (χ4n) is 1.01. The van der Waals surface area contributed by atoms with Gasteiger partial charge in [-0.2, -0.15) is 0 Å². The normalized spacial score (nSPS) is 28.7. The van der Waals surface area contributed by atoms with E-state index in [1.165, 1.54) is 0 Å². The van der Waals surface area contributed by atoms with Crippen LogP contribution in [-0.2, 0) is 0 Å². The summed E-state index contributed by atoms with van der Waals surface area (Å²) in [5.74, 6) is 0. The molecule has 0 radical (unpaired) electrons. The highest BCUT2D eigenvalue weighted by atomic mass is 32.2. The van der Waals surface area contributed by atoms with E-state index in [4.69, 9.17) is 0 Å². The zero-order valence-electron chi connectivity index (χ0n) is 5.69. The van der Waals surface area contributed by atoms with Crippen LogP contribution < -0.4 is 0 Å². The minimum atomic E-state index is 0.471. The molecule has 3 heteroatoms. The van der Waals surface area contributed by atoms with Gasteiger partial charge in [-0.05, 0) is 18.4 Å². The van der Waals surface area contributed by atoms with E-state index in [0.717, 1.165) is 5.17 Å². The van der Waals surface area contributed by atoms with Gasteiger partial charge in [0.25, 0.3) is 0 Å². The molecule has 10 heavy (non-hydrogen) atoms. The molecule has 2 nitrogen and oxygen atoms in total. The Balaban J connectivity index is 2.31. The van der Waals surface area contributed by atoms with E-state index < -0.39 is 0 Å². The fraction of sp³-hybridized carbons (Fsp3) is 0.286. The lowest BCUT2D eigenvalue weighted by molar-refractivity contribution is 0.504. The molecule has 0 aromatic carbocycles. The standard InChI is InChI=1S/C7H8N2S/c1-6-2-3-8-7-9(6)4-5-10-7/h2-6H,1H3/t6-/m0/s1. The van der Waals surface area contributed by atoms with E-state index in [1.807, 2.05) is 6.20 Å². The van der Waals surface area contributed by atoms with Crippen LogP contribution in [0.5, 0.6) is 0 Å². The summed E-state index contributed by atoms with van der Waals surface area (Å²) in [5.41, 5.74) is 0. The largest absolute Gasteiger partial charge is 0.320 e. The van der Waals surface area contributed by atoms with Crippen molar-refractivity contribution < 1.29 is 0 Å². The van der Waals surface area contributed by atoms with Crippen LogP contribution >= 0.6 is 11.8 Å². The van der Waals surface area contributed by atoms with Gasteiger partial charge >= 0.3 is 0 Å². The second-order valence-electron chi connectivity index (χ2n) is 2.30. The van der Waals surface area contributed by atoms with Crippen molar-refractivity contribution in [1.29, 1.82) is 0 Å². The van der Waals surface area contributed by atoms with Gasteiger partial charge in [-0.25, -0.2) is 4.99 Å². The molecule has 0 aromatic heterocycles. The zero-order valence-corrected chi connectivity index (χ0v) is 6.51. The van der Waals surface area contributed by atoms with Gasteiger partial charge in [-0.15, -0.1) is 0 Å².